The van der Waals surface area contributed by atoms with E-state index in [9.17, 15) is 8.42 Å². The predicted octanol–water partition coefficient (Wildman–Crippen LogP) is 0.809. The summed E-state index contributed by atoms with van der Waals surface area (Å²) in [5.74, 6) is 0.272. The Kier molecular flexibility index (Phi) is 3.53. The number of hydrogen-bond donors (Lipinski definition) is 1. The van der Waals surface area contributed by atoms with Crippen molar-refractivity contribution in [3.8, 4) is 0 Å². The molecule has 7 heteroatoms. The molecule has 0 aliphatic carbocycles. The molecule has 1 aromatic heterocycles. The summed E-state index contributed by atoms with van der Waals surface area (Å²) in [7, 11) is -3.38. The van der Waals surface area contributed by atoms with E-state index < -0.39 is 10.0 Å². The van der Waals surface area contributed by atoms with Crippen molar-refractivity contribution >= 4 is 21.4 Å². The first kappa shape index (κ1) is 12.9. The number of sulfonamides is 1. The Morgan fingerprint density at radius 3 is 2.82 bits per heavy atom. The molecule has 2 heterocycles. The maximum Gasteiger partial charge on any atom is 0.254 e. The second-order valence-electron chi connectivity index (χ2n) is 4.46. The lowest BCUT2D eigenvalue weighted by Gasteiger charge is -2.19. The number of rotatable bonds is 3. The summed E-state index contributed by atoms with van der Waals surface area (Å²) >= 11 is 1.22. The fourth-order valence-corrected chi connectivity index (χ4v) is 5.15. The van der Waals surface area contributed by atoms with E-state index in [4.69, 9.17) is 5.73 Å². The maximum absolute atomic E-state index is 12.4. The molecule has 0 amide bonds. The minimum Gasteiger partial charge on any atom is -0.330 e. The predicted molar refractivity (Wildman–Crippen MR) is 67.4 cm³/mol. The third-order valence-electron chi connectivity index (χ3n) is 3.10. The van der Waals surface area contributed by atoms with Crippen molar-refractivity contribution in [2.24, 2.45) is 11.7 Å². The Hall–Kier alpha value is -0.500. The number of hydrogen-bond acceptors (Lipinski definition) is 5. The summed E-state index contributed by atoms with van der Waals surface area (Å²) in [6, 6.07) is 0.0240. The number of aryl methyl sites for hydroxylation is 1. The van der Waals surface area contributed by atoms with E-state index in [1.165, 1.54) is 17.5 Å². The van der Waals surface area contributed by atoms with Gasteiger partial charge in [0.25, 0.3) is 10.0 Å². The van der Waals surface area contributed by atoms with Gasteiger partial charge in [-0.3, -0.25) is 0 Å². The highest BCUT2D eigenvalue weighted by molar-refractivity contribution is 7.91. The molecule has 1 aromatic rings. The molecule has 0 aromatic carbocycles. The second kappa shape index (κ2) is 4.64. The molecule has 1 saturated heterocycles. The van der Waals surface area contributed by atoms with Gasteiger partial charge in [0.15, 0.2) is 4.21 Å². The third kappa shape index (κ3) is 2.37. The van der Waals surface area contributed by atoms with Gasteiger partial charge in [-0.2, -0.15) is 4.31 Å². The number of nitrogens with zero attached hydrogens (tertiary/aromatic N) is 2. The number of nitrogens with two attached hydrogens (primary N) is 1. The van der Waals surface area contributed by atoms with Crippen LogP contribution >= 0.6 is 11.3 Å². The second-order valence-corrected chi connectivity index (χ2v) is 7.81. The first-order valence-corrected chi connectivity index (χ1v) is 7.85. The molecule has 0 saturated carbocycles. The summed E-state index contributed by atoms with van der Waals surface area (Å²) < 4.78 is 26.6. The van der Waals surface area contributed by atoms with Crippen LogP contribution in [0.2, 0.25) is 0 Å². The van der Waals surface area contributed by atoms with Crippen molar-refractivity contribution in [2.75, 3.05) is 13.1 Å². The van der Waals surface area contributed by atoms with E-state index in [0.717, 1.165) is 11.4 Å². The van der Waals surface area contributed by atoms with Crippen molar-refractivity contribution in [1.29, 1.82) is 0 Å². The highest BCUT2D eigenvalue weighted by Crippen LogP contribution is 2.30. The molecule has 0 bridgehead atoms. The molecule has 1 aliphatic heterocycles. The van der Waals surface area contributed by atoms with Crippen molar-refractivity contribution in [2.45, 2.75) is 30.5 Å². The van der Waals surface area contributed by atoms with E-state index in [-0.39, 0.29) is 12.0 Å². The monoisotopic (exact) mass is 275 g/mol. The molecule has 1 aliphatic rings. The Bertz CT molecular complexity index is 497. The topological polar surface area (TPSA) is 76.3 Å². The minimum atomic E-state index is -3.38. The summed E-state index contributed by atoms with van der Waals surface area (Å²) in [6.07, 6.45) is 2.28. The lowest BCUT2D eigenvalue weighted by atomic mass is 10.1. The molecular formula is C10H17N3O2S2. The van der Waals surface area contributed by atoms with E-state index >= 15 is 0 Å². The van der Waals surface area contributed by atoms with Gasteiger partial charge in [-0.25, -0.2) is 13.4 Å². The summed E-state index contributed by atoms with van der Waals surface area (Å²) in [4.78, 5) is 4.01. The average molecular weight is 275 g/mol. The molecule has 2 atom stereocenters. The summed E-state index contributed by atoms with van der Waals surface area (Å²) in [5.41, 5.74) is 5.61. The molecule has 0 spiro atoms. The lowest BCUT2D eigenvalue weighted by Crippen LogP contribution is -2.34. The third-order valence-corrected chi connectivity index (χ3v) is 6.43. The number of thiazole rings is 1. The molecule has 0 radical (unpaired) electrons. The van der Waals surface area contributed by atoms with Gasteiger partial charge >= 0.3 is 0 Å². The van der Waals surface area contributed by atoms with Crippen LogP contribution < -0.4 is 5.73 Å². The smallest absolute Gasteiger partial charge is 0.254 e. The van der Waals surface area contributed by atoms with E-state index in [1.807, 2.05) is 6.92 Å². The van der Waals surface area contributed by atoms with E-state index in [0.29, 0.717) is 17.3 Å². The standard InChI is InChI=1S/C10H17N3O2S2/c1-7-3-9(4-11)6-13(7)17(14,15)10-5-12-8(2)16-10/h5,7,9H,3-4,6,11H2,1-2H3. The Labute approximate surface area is 106 Å². The molecule has 5 nitrogen and oxygen atoms in total. The van der Waals surface area contributed by atoms with Gasteiger partial charge in [0.1, 0.15) is 0 Å². The van der Waals surface area contributed by atoms with Crippen LogP contribution in [0.5, 0.6) is 0 Å². The minimum absolute atomic E-state index is 0.0240. The SMILES string of the molecule is Cc1ncc(S(=O)(=O)N2CC(CN)CC2C)s1. The van der Waals surface area contributed by atoms with Crippen LogP contribution in [0.3, 0.4) is 0 Å². The Morgan fingerprint density at radius 1 is 1.65 bits per heavy atom. The van der Waals surface area contributed by atoms with Crippen LogP contribution in [0.25, 0.3) is 0 Å². The van der Waals surface area contributed by atoms with E-state index in [2.05, 4.69) is 4.98 Å². The molecule has 17 heavy (non-hydrogen) atoms. The molecule has 2 unspecified atom stereocenters. The first-order valence-electron chi connectivity index (χ1n) is 5.59. The lowest BCUT2D eigenvalue weighted by molar-refractivity contribution is 0.406. The van der Waals surface area contributed by atoms with Crippen LogP contribution in [0, 0.1) is 12.8 Å². The van der Waals surface area contributed by atoms with Crippen molar-refractivity contribution in [1.82, 2.24) is 9.29 Å². The zero-order chi connectivity index (χ0) is 12.6. The average Bonchev–Trinajstić information content (AvgIpc) is 2.85. The van der Waals surface area contributed by atoms with Crippen molar-refractivity contribution in [3.05, 3.63) is 11.2 Å². The van der Waals surface area contributed by atoms with Crippen molar-refractivity contribution < 1.29 is 8.42 Å². The Morgan fingerprint density at radius 2 is 2.35 bits per heavy atom. The van der Waals surface area contributed by atoms with E-state index in [1.54, 1.807) is 11.2 Å². The highest BCUT2D eigenvalue weighted by atomic mass is 32.2. The molecule has 96 valence electrons. The van der Waals surface area contributed by atoms with Gasteiger partial charge in [-0.05, 0) is 32.7 Å². The zero-order valence-corrected chi connectivity index (χ0v) is 11.6. The van der Waals surface area contributed by atoms with Gasteiger partial charge in [0.05, 0.1) is 11.2 Å². The maximum atomic E-state index is 12.4. The quantitative estimate of drug-likeness (QED) is 0.885. The molecule has 2 N–H and O–H groups in total. The van der Waals surface area contributed by atoms with Gasteiger partial charge in [-0.15, -0.1) is 11.3 Å². The molecule has 1 fully saturated rings. The zero-order valence-electron chi connectivity index (χ0n) is 9.96. The van der Waals surface area contributed by atoms with Crippen LogP contribution in [-0.2, 0) is 10.0 Å². The van der Waals surface area contributed by atoms with Crippen LogP contribution in [0.1, 0.15) is 18.4 Å². The largest absolute Gasteiger partial charge is 0.330 e. The summed E-state index contributed by atoms with van der Waals surface area (Å²) in [5, 5.41) is 0.769. The van der Waals surface area contributed by atoms with Crippen molar-refractivity contribution in [3.63, 3.8) is 0 Å². The van der Waals surface area contributed by atoms with Gasteiger partial charge in [0.2, 0.25) is 0 Å². The normalized spacial score (nSPS) is 26.5. The van der Waals surface area contributed by atoms with Crippen LogP contribution in [-0.4, -0.2) is 36.8 Å². The number of aromatic nitrogens is 1. The Balaban J connectivity index is 2.28. The van der Waals surface area contributed by atoms with Gasteiger partial charge in [0, 0.05) is 12.6 Å². The van der Waals surface area contributed by atoms with Crippen LogP contribution in [0.15, 0.2) is 10.4 Å². The van der Waals surface area contributed by atoms with Crippen LogP contribution in [0.4, 0.5) is 0 Å². The highest BCUT2D eigenvalue weighted by Gasteiger charge is 2.38. The fourth-order valence-electron chi connectivity index (χ4n) is 2.19. The summed E-state index contributed by atoms with van der Waals surface area (Å²) in [6.45, 7) is 4.80. The van der Waals surface area contributed by atoms with Gasteiger partial charge < -0.3 is 5.73 Å². The molecule has 2 rings (SSSR count). The fraction of sp³-hybridized carbons (Fsp3) is 0.700. The van der Waals surface area contributed by atoms with Gasteiger partial charge in [-0.1, -0.05) is 0 Å². The molecular weight excluding hydrogens is 258 g/mol. The first-order chi connectivity index (χ1) is 7.95.